The summed E-state index contributed by atoms with van der Waals surface area (Å²) in [6.07, 6.45) is 7.18. The van der Waals surface area contributed by atoms with E-state index in [0.29, 0.717) is 6.04 Å². The van der Waals surface area contributed by atoms with Gasteiger partial charge in [-0.05, 0) is 38.7 Å². The third-order valence-corrected chi connectivity index (χ3v) is 3.49. The average Bonchev–Trinajstić information content (AvgIpc) is 2.33. The number of carbonyl (C=O) groups is 1. The highest BCUT2D eigenvalue weighted by molar-refractivity contribution is 6.00. The molecule has 0 aliphatic carbocycles. The van der Waals surface area contributed by atoms with Crippen molar-refractivity contribution in [3.05, 3.63) is 11.6 Å². The van der Waals surface area contributed by atoms with E-state index in [2.05, 4.69) is 30.2 Å². The number of hydrogen-bond donors (Lipinski definition) is 1. The lowest BCUT2D eigenvalue weighted by Crippen LogP contribution is -2.41. The molecule has 0 fully saturated rings. The van der Waals surface area contributed by atoms with Gasteiger partial charge in [-0.3, -0.25) is 9.79 Å². The lowest BCUT2D eigenvalue weighted by atomic mass is 10.0. The van der Waals surface area contributed by atoms with Crippen LogP contribution < -0.4 is 5.32 Å². The molecule has 1 N–H and O–H groups in total. The number of nitrogens with one attached hydrogen (secondary N) is 1. The van der Waals surface area contributed by atoms with Crippen LogP contribution in [0.3, 0.4) is 0 Å². The van der Waals surface area contributed by atoms with E-state index < -0.39 is 0 Å². The molecule has 1 rings (SSSR count). The molecule has 18 heavy (non-hydrogen) atoms. The summed E-state index contributed by atoms with van der Waals surface area (Å²) in [7, 11) is 0. The van der Waals surface area contributed by atoms with Crippen molar-refractivity contribution in [2.24, 2.45) is 4.99 Å². The molecule has 3 nitrogen and oxygen atoms in total. The number of nitrogens with zero attached hydrogens (tertiary/aromatic N) is 1. The Hall–Kier alpha value is -1.12. The van der Waals surface area contributed by atoms with E-state index in [1.807, 2.05) is 13.8 Å². The number of hydrogen-bond acceptors (Lipinski definition) is 2. The Morgan fingerprint density at radius 1 is 1.39 bits per heavy atom. The number of amides is 1. The zero-order chi connectivity index (χ0) is 13.5. The van der Waals surface area contributed by atoms with E-state index in [0.717, 1.165) is 37.8 Å². The van der Waals surface area contributed by atoms with E-state index in [1.165, 1.54) is 5.57 Å². The minimum absolute atomic E-state index is 0.0880. The van der Waals surface area contributed by atoms with Crippen LogP contribution in [0.2, 0.25) is 0 Å². The maximum Gasteiger partial charge on any atom is 0.245 e. The van der Waals surface area contributed by atoms with Gasteiger partial charge >= 0.3 is 0 Å². The summed E-state index contributed by atoms with van der Waals surface area (Å²) in [5.74, 6) is 0.0880. The maximum absolute atomic E-state index is 12.2. The van der Waals surface area contributed by atoms with Gasteiger partial charge in [-0.1, -0.05) is 32.8 Å². The summed E-state index contributed by atoms with van der Waals surface area (Å²) in [6.45, 7) is 8.33. The highest BCUT2D eigenvalue weighted by atomic mass is 16.2. The summed E-state index contributed by atoms with van der Waals surface area (Å²) in [6, 6.07) is 0.0971. The molecule has 0 bridgehead atoms. The van der Waals surface area contributed by atoms with Gasteiger partial charge in [0.2, 0.25) is 5.91 Å². The topological polar surface area (TPSA) is 41.5 Å². The molecule has 1 amide bonds. The zero-order valence-electron chi connectivity index (χ0n) is 12.1. The van der Waals surface area contributed by atoms with Gasteiger partial charge in [-0.25, -0.2) is 0 Å². The van der Waals surface area contributed by atoms with E-state index in [4.69, 9.17) is 0 Å². The molecule has 102 valence electrons. The molecule has 1 atom stereocenters. The molecule has 1 unspecified atom stereocenters. The third kappa shape index (κ3) is 4.28. The van der Waals surface area contributed by atoms with Crippen molar-refractivity contribution in [2.45, 2.75) is 71.9 Å². The minimum atomic E-state index is -0.218. The number of carbonyl (C=O) groups excluding carboxylic acids is 1. The fourth-order valence-corrected chi connectivity index (χ4v) is 2.27. The van der Waals surface area contributed by atoms with Crippen molar-refractivity contribution in [2.75, 3.05) is 0 Å². The lowest BCUT2D eigenvalue weighted by molar-refractivity contribution is -0.123. The fourth-order valence-electron chi connectivity index (χ4n) is 2.27. The van der Waals surface area contributed by atoms with Crippen LogP contribution in [0.5, 0.6) is 0 Å². The largest absolute Gasteiger partial charge is 0.352 e. The summed E-state index contributed by atoms with van der Waals surface area (Å²) >= 11 is 0. The van der Waals surface area contributed by atoms with Crippen LogP contribution in [0.25, 0.3) is 0 Å². The van der Waals surface area contributed by atoms with Gasteiger partial charge < -0.3 is 5.32 Å². The molecule has 0 aromatic heterocycles. The highest BCUT2D eigenvalue weighted by Gasteiger charge is 2.21. The standard InChI is InChI=1S/C15H26N2O/c1-5-7-13(8-6-2)17-15(18)14-10-9-11(3)12(4)16-14/h9,13-14H,5-8,10H2,1-4H3,(H,17,18). The SMILES string of the molecule is CCCC(CCC)NC(=O)C1CC=C(C)C(C)=N1. The summed E-state index contributed by atoms with van der Waals surface area (Å²) in [5.41, 5.74) is 2.18. The second kappa shape index (κ2) is 7.34. The normalized spacial score (nSPS) is 19.5. The maximum atomic E-state index is 12.2. The van der Waals surface area contributed by atoms with Crippen LogP contribution in [0.4, 0.5) is 0 Å². The molecule has 0 spiro atoms. The van der Waals surface area contributed by atoms with Crippen molar-refractivity contribution in [1.29, 1.82) is 0 Å². The molecule has 0 aromatic carbocycles. The molecule has 0 saturated heterocycles. The predicted molar refractivity (Wildman–Crippen MR) is 77.0 cm³/mol. The Labute approximate surface area is 111 Å². The molecule has 0 saturated carbocycles. The number of aliphatic imine (C=N–C) groups is 1. The molecule has 3 heteroatoms. The molecule has 0 radical (unpaired) electrons. The summed E-state index contributed by atoms with van der Waals surface area (Å²) in [4.78, 5) is 16.6. The minimum Gasteiger partial charge on any atom is -0.352 e. The van der Waals surface area contributed by atoms with Crippen LogP contribution in [0.15, 0.2) is 16.6 Å². The average molecular weight is 250 g/mol. The summed E-state index contributed by atoms with van der Waals surface area (Å²) in [5, 5.41) is 3.15. The van der Waals surface area contributed by atoms with Crippen molar-refractivity contribution >= 4 is 11.6 Å². The van der Waals surface area contributed by atoms with Crippen molar-refractivity contribution in [1.82, 2.24) is 5.32 Å². The Morgan fingerprint density at radius 2 is 2.00 bits per heavy atom. The van der Waals surface area contributed by atoms with Crippen LogP contribution >= 0.6 is 0 Å². The van der Waals surface area contributed by atoms with E-state index in [-0.39, 0.29) is 11.9 Å². The van der Waals surface area contributed by atoms with E-state index >= 15 is 0 Å². The van der Waals surface area contributed by atoms with Gasteiger partial charge in [-0.2, -0.15) is 0 Å². The number of rotatable bonds is 6. The molecule has 1 aliphatic rings. The quantitative estimate of drug-likeness (QED) is 0.772. The lowest BCUT2D eigenvalue weighted by Gasteiger charge is -2.22. The highest BCUT2D eigenvalue weighted by Crippen LogP contribution is 2.14. The monoisotopic (exact) mass is 250 g/mol. The summed E-state index contributed by atoms with van der Waals surface area (Å²) < 4.78 is 0. The Bertz CT molecular complexity index is 338. The third-order valence-electron chi connectivity index (χ3n) is 3.49. The van der Waals surface area contributed by atoms with Crippen LogP contribution in [0, 0.1) is 0 Å². The van der Waals surface area contributed by atoms with Crippen molar-refractivity contribution < 1.29 is 4.79 Å². The van der Waals surface area contributed by atoms with Crippen molar-refractivity contribution in [3.63, 3.8) is 0 Å². The van der Waals surface area contributed by atoms with E-state index in [1.54, 1.807) is 0 Å². The van der Waals surface area contributed by atoms with Gasteiger partial charge in [-0.15, -0.1) is 0 Å². The Kier molecular flexibility index (Phi) is 6.10. The van der Waals surface area contributed by atoms with Crippen LogP contribution in [-0.2, 0) is 4.79 Å². The Morgan fingerprint density at radius 3 is 2.50 bits per heavy atom. The van der Waals surface area contributed by atoms with Crippen molar-refractivity contribution in [3.8, 4) is 0 Å². The van der Waals surface area contributed by atoms with Gasteiger partial charge in [0, 0.05) is 11.8 Å². The predicted octanol–water partition coefficient (Wildman–Crippen LogP) is 3.25. The smallest absolute Gasteiger partial charge is 0.245 e. The van der Waals surface area contributed by atoms with Gasteiger partial charge in [0.15, 0.2) is 0 Å². The number of dihydropyridines is 1. The molecule has 0 aromatic rings. The first-order chi connectivity index (χ1) is 8.58. The van der Waals surface area contributed by atoms with Gasteiger partial charge in [0.1, 0.15) is 6.04 Å². The first-order valence-electron chi connectivity index (χ1n) is 7.10. The molecular weight excluding hydrogens is 224 g/mol. The molecule has 1 heterocycles. The van der Waals surface area contributed by atoms with Gasteiger partial charge in [0.25, 0.3) is 0 Å². The van der Waals surface area contributed by atoms with E-state index in [9.17, 15) is 4.79 Å². The second-order valence-electron chi connectivity index (χ2n) is 5.14. The first kappa shape index (κ1) is 14.9. The first-order valence-corrected chi connectivity index (χ1v) is 7.10. The second-order valence-corrected chi connectivity index (χ2v) is 5.14. The fraction of sp³-hybridized carbons (Fsp3) is 0.733. The van der Waals surface area contributed by atoms with Crippen LogP contribution in [0.1, 0.15) is 59.8 Å². The molecular formula is C15H26N2O. The Balaban J connectivity index is 2.55. The molecule has 1 aliphatic heterocycles. The zero-order valence-corrected chi connectivity index (χ0v) is 12.1. The van der Waals surface area contributed by atoms with Gasteiger partial charge in [0.05, 0.1) is 0 Å². The van der Waals surface area contributed by atoms with Crippen LogP contribution in [-0.4, -0.2) is 23.7 Å². The number of allylic oxidation sites excluding steroid dienone is 1.